The third kappa shape index (κ3) is 4.94. The van der Waals surface area contributed by atoms with Gasteiger partial charge in [0.2, 0.25) is 0 Å². The van der Waals surface area contributed by atoms with Crippen molar-refractivity contribution in [3.63, 3.8) is 0 Å². The molecule has 3 saturated carbocycles. The maximum atomic E-state index is 13.5. The molecular weight excluding hydrogens is 620 g/mol. The number of hydrogen-bond acceptors (Lipinski definition) is 9. The number of tetrazole rings is 1. The summed E-state index contributed by atoms with van der Waals surface area (Å²) in [4.78, 5) is 15.2. The highest BCUT2D eigenvalue weighted by molar-refractivity contribution is 5.73. The number of nitrogens with one attached hydrogen (secondary N) is 1. The molecule has 4 aliphatic carbocycles. The molecule has 49 heavy (non-hydrogen) atoms. The van der Waals surface area contributed by atoms with Gasteiger partial charge in [-0.3, -0.25) is 4.79 Å². The molecule has 6 aliphatic rings. The van der Waals surface area contributed by atoms with Gasteiger partial charge in [0.05, 0.1) is 31.8 Å². The summed E-state index contributed by atoms with van der Waals surface area (Å²) in [6, 6.07) is -0.169. The van der Waals surface area contributed by atoms with Crippen molar-refractivity contribution in [2.24, 2.45) is 56.7 Å². The summed E-state index contributed by atoms with van der Waals surface area (Å²) in [6.45, 7) is 19.5. The predicted molar refractivity (Wildman–Crippen MR) is 186 cm³/mol. The first-order valence-corrected chi connectivity index (χ1v) is 19.1. The zero-order chi connectivity index (χ0) is 35.2. The fourth-order valence-corrected chi connectivity index (χ4v) is 13.0. The Morgan fingerprint density at radius 3 is 2.45 bits per heavy atom. The van der Waals surface area contributed by atoms with Crippen LogP contribution in [0, 0.1) is 56.7 Å². The summed E-state index contributed by atoms with van der Waals surface area (Å²) in [7, 11) is 2.03. The molecule has 11 nitrogen and oxygen atoms in total. The number of anilines is 1. The van der Waals surface area contributed by atoms with E-state index in [1.54, 1.807) is 4.80 Å². The Morgan fingerprint density at radius 2 is 1.82 bits per heavy atom. The van der Waals surface area contributed by atoms with E-state index in [0.717, 1.165) is 64.6 Å². The average molecular weight is 683 g/mol. The van der Waals surface area contributed by atoms with E-state index in [0.29, 0.717) is 37.6 Å². The number of aliphatic carboxylic acids is 1. The Labute approximate surface area is 292 Å². The molecule has 3 heterocycles. The predicted octanol–water partition coefficient (Wildman–Crippen LogP) is 5.54. The van der Waals surface area contributed by atoms with Crippen molar-refractivity contribution >= 4 is 11.9 Å². The number of nitrogens with zero attached hydrogens (tertiary/aromatic N) is 4. The molecule has 0 aromatic carbocycles. The monoisotopic (exact) mass is 682 g/mol. The molecule has 0 amide bonds. The Morgan fingerprint density at radius 1 is 1.08 bits per heavy atom. The van der Waals surface area contributed by atoms with E-state index in [4.69, 9.17) is 19.9 Å². The highest BCUT2D eigenvalue weighted by Gasteiger charge is 2.72. The van der Waals surface area contributed by atoms with E-state index in [9.17, 15) is 9.90 Å². The SMILES string of the molecule is CNC1(CO[C@H]2[C@H](n3nnc(N)n3)C[C@@]34COC[C@]2(C)[C@@H]3CC[C@H]2C4=CC[C@@]3(C)[C@H](C(=O)O)[C@@](C)([C@H](C)C(C)C)CC[C@]23C)CCOCC1. The number of rotatable bonds is 8. The van der Waals surface area contributed by atoms with E-state index < -0.39 is 11.9 Å². The smallest absolute Gasteiger partial charge is 0.307 e. The Balaban J connectivity index is 1.29. The van der Waals surface area contributed by atoms with Gasteiger partial charge in [-0.05, 0) is 104 Å². The summed E-state index contributed by atoms with van der Waals surface area (Å²) in [6.07, 6.45) is 9.74. The molecule has 2 aliphatic heterocycles. The van der Waals surface area contributed by atoms with Crippen LogP contribution in [0.1, 0.15) is 106 Å². The minimum absolute atomic E-state index is 0.148. The van der Waals surface area contributed by atoms with Gasteiger partial charge >= 0.3 is 5.97 Å². The van der Waals surface area contributed by atoms with Crippen molar-refractivity contribution in [3.05, 3.63) is 11.6 Å². The van der Waals surface area contributed by atoms with Crippen molar-refractivity contribution in [2.45, 2.75) is 118 Å². The Bertz CT molecular complexity index is 1460. The molecule has 7 rings (SSSR count). The maximum absolute atomic E-state index is 13.5. The standard InChI is InChI=1S/C38H62N6O5/c1-23(2)24(3)33(4)13-14-35(6)25-9-10-28-34(5)20-48-22-38(28,26(25)11-12-36(35,7)29(33)31(45)46)19-27(44-42-32(39)41-43-44)30(34)49-21-37(40-8)15-17-47-18-16-37/h11,23-25,27-30,40H,9-10,12-22H2,1-8H3,(H2,39,42)(H,45,46)/t24-,25+,27-,28+,29-,30+,33-,34-,35-,36+,38+/m1/s1. The summed E-state index contributed by atoms with van der Waals surface area (Å²) in [5.74, 6) is 0.502. The van der Waals surface area contributed by atoms with Crippen LogP contribution in [0.3, 0.4) is 0 Å². The largest absolute Gasteiger partial charge is 0.481 e. The first-order chi connectivity index (χ1) is 23.1. The van der Waals surface area contributed by atoms with Crippen LogP contribution < -0.4 is 11.1 Å². The number of carboxylic acids is 1. The van der Waals surface area contributed by atoms with Crippen molar-refractivity contribution in [3.8, 4) is 0 Å². The number of aromatic nitrogens is 4. The van der Waals surface area contributed by atoms with E-state index in [1.807, 2.05) is 7.05 Å². The second-order valence-electron chi connectivity index (χ2n) is 18.5. The van der Waals surface area contributed by atoms with Gasteiger partial charge < -0.3 is 30.4 Å². The van der Waals surface area contributed by atoms with Gasteiger partial charge in [0, 0.05) is 29.6 Å². The first-order valence-electron chi connectivity index (χ1n) is 19.1. The molecule has 0 spiro atoms. The second kappa shape index (κ2) is 12.0. The van der Waals surface area contributed by atoms with E-state index >= 15 is 0 Å². The number of nitrogens with two attached hydrogens (primary N) is 1. The van der Waals surface area contributed by atoms with Gasteiger partial charge in [0.1, 0.15) is 6.04 Å². The van der Waals surface area contributed by atoms with E-state index in [2.05, 4.69) is 75.3 Å². The zero-order valence-electron chi connectivity index (χ0n) is 31.3. The number of nitrogen functional groups attached to an aromatic ring is 1. The number of carboxylic acid groups (broad SMARTS) is 1. The lowest BCUT2D eigenvalue weighted by Crippen LogP contribution is -2.69. The van der Waals surface area contributed by atoms with Crippen LogP contribution in [0.2, 0.25) is 0 Å². The molecule has 5 fully saturated rings. The molecular formula is C38H62N6O5. The number of ether oxygens (including phenoxy) is 3. The lowest BCUT2D eigenvalue weighted by Gasteiger charge is -2.71. The van der Waals surface area contributed by atoms with Crippen LogP contribution in [-0.2, 0) is 19.0 Å². The zero-order valence-corrected chi connectivity index (χ0v) is 31.3. The quantitative estimate of drug-likeness (QED) is 0.299. The lowest BCUT2D eigenvalue weighted by atomic mass is 9.34. The summed E-state index contributed by atoms with van der Waals surface area (Å²) < 4.78 is 19.6. The Hall–Kier alpha value is -2.08. The van der Waals surface area contributed by atoms with E-state index in [-0.39, 0.29) is 56.6 Å². The van der Waals surface area contributed by atoms with Crippen LogP contribution in [0.5, 0.6) is 0 Å². The molecule has 4 N–H and O–H groups in total. The van der Waals surface area contributed by atoms with Gasteiger partial charge in [-0.2, -0.15) is 4.80 Å². The maximum Gasteiger partial charge on any atom is 0.307 e. The molecule has 11 atom stereocenters. The number of hydrogen-bond donors (Lipinski definition) is 3. The highest BCUT2D eigenvalue weighted by Crippen LogP contribution is 2.75. The van der Waals surface area contributed by atoms with Gasteiger partial charge in [-0.1, -0.05) is 65.2 Å². The lowest BCUT2D eigenvalue weighted by molar-refractivity contribution is -0.255. The van der Waals surface area contributed by atoms with Crippen LogP contribution in [0.15, 0.2) is 11.6 Å². The fourth-order valence-electron chi connectivity index (χ4n) is 13.0. The highest BCUT2D eigenvalue weighted by atomic mass is 16.5. The third-order valence-electron chi connectivity index (χ3n) is 16.3. The molecule has 2 saturated heterocycles. The Kier molecular flexibility index (Phi) is 8.64. The summed E-state index contributed by atoms with van der Waals surface area (Å²) in [5.41, 5.74) is 6.15. The molecule has 1 aromatic rings. The van der Waals surface area contributed by atoms with Gasteiger partial charge in [-0.15, -0.1) is 5.10 Å². The number of carbonyl (C=O) groups is 1. The van der Waals surface area contributed by atoms with Crippen LogP contribution in [-0.4, -0.2) is 83.0 Å². The molecule has 1 aromatic heterocycles. The number of likely N-dealkylation sites (N-methyl/N-ethyl adjacent to an activating group) is 1. The van der Waals surface area contributed by atoms with Crippen molar-refractivity contribution in [2.75, 3.05) is 45.8 Å². The van der Waals surface area contributed by atoms with Crippen molar-refractivity contribution < 1.29 is 24.1 Å². The second-order valence-corrected chi connectivity index (χ2v) is 18.5. The average Bonchev–Trinajstić information content (AvgIpc) is 3.50. The minimum atomic E-state index is -0.628. The van der Waals surface area contributed by atoms with Gasteiger partial charge in [0.15, 0.2) is 0 Å². The van der Waals surface area contributed by atoms with Crippen LogP contribution >= 0.6 is 0 Å². The van der Waals surface area contributed by atoms with E-state index in [1.165, 1.54) is 5.57 Å². The molecule has 11 heteroatoms. The summed E-state index contributed by atoms with van der Waals surface area (Å²) in [5, 5.41) is 27.9. The number of allylic oxidation sites excluding steroid dienone is 1. The van der Waals surface area contributed by atoms with Crippen LogP contribution in [0.4, 0.5) is 5.95 Å². The molecule has 0 radical (unpaired) electrons. The normalized spacial score (nSPS) is 45.1. The molecule has 0 unspecified atom stereocenters. The van der Waals surface area contributed by atoms with Crippen LogP contribution in [0.25, 0.3) is 0 Å². The molecule has 274 valence electrons. The fraction of sp³-hybridized carbons (Fsp3) is 0.895. The third-order valence-corrected chi connectivity index (χ3v) is 16.3. The van der Waals surface area contributed by atoms with Gasteiger partial charge in [0.25, 0.3) is 5.95 Å². The minimum Gasteiger partial charge on any atom is -0.481 e. The van der Waals surface area contributed by atoms with Gasteiger partial charge in [-0.25, -0.2) is 0 Å². The summed E-state index contributed by atoms with van der Waals surface area (Å²) >= 11 is 0. The number of fused-ring (bicyclic) bond motifs is 3. The molecule has 2 bridgehead atoms. The first kappa shape index (κ1) is 35.3. The van der Waals surface area contributed by atoms with Crippen molar-refractivity contribution in [1.29, 1.82) is 0 Å². The topological polar surface area (TPSA) is 147 Å². The van der Waals surface area contributed by atoms with Crippen molar-refractivity contribution in [1.82, 2.24) is 25.5 Å².